The molecule has 0 aliphatic heterocycles. The topological polar surface area (TPSA) is 9.23 Å². The molecule has 7 heteroatoms. The van der Waals surface area contributed by atoms with E-state index in [1.807, 2.05) is 0 Å². The van der Waals surface area contributed by atoms with Crippen molar-refractivity contribution >= 4 is 0 Å². The van der Waals surface area contributed by atoms with E-state index in [1.54, 1.807) is 0 Å². The molecule has 1 unspecified atom stereocenters. The van der Waals surface area contributed by atoms with Crippen LogP contribution in [-0.4, -0.2) is 31.0 Å². The molecule has 0 heterocycles. The van der Waals surface area contributed by atoms with Gasteiger partial charge < -0.3 is 4.74 Å². The van der Waals surface area contributed by atoms with Crippen molar-refractivity contribution in [3.63, 3.8) is 0 Å². The minimum atomic E-state index is -5.63. The second kappa shape index (κ2) is 4.37. The lowest BCUT2D eigenvalue weighted by molar-refractivity contribution is -0.284. The van der Waals surface area contributed by atoms with Gasteiger partial charge in [0, 0.05) is 0 Å². The van der Waals surface area contributed by atoms with E-state index in [0.29, 0.717) is 0 Å². The maximum atomic E-state index is 12.8. The van der Waals surface area contributed by atoms with Crippen molar-refractivity contribution < 1.29 is 31.1 Å². The molecular formula is C7H10F6O. The first kappa shape index (κ1) is 13.5. The van der Waals surface area contributed by atoms with Gasteiger partial charge >= 0.3 is 6.18 Å². The second-order valence-corrected chi connectivity index (χ2v) is 3.02. The quantitative estimate of drug-likeness (QED) is 0.667. The number of hydrogen-bond donors (Lipinski definition) is 0. The van der Waals surface area contributed by atoms with Gasteiger partial charge in [0.1, 0.15) is 0 Å². The van der Waals surface area contributed by atoms with Crippen LogP contribution in [0, 0.1) is 0 Å². The third-order valence-electron chi connectivity index (χ3n) is 1.44. The Morgan fingerprint density at radius 1 is 1.07 bits per heavy atom. The van der Waals surface area contributed by atoms with E-state index < -0.39 is 31.0 Å². The number of halogens is 6. The Morgan fingerprint density at radius 2 is 1.50 bits per heavy atom. The average Bonchev–Trinajstić information content (AvgIpc) is 1.97. The molecule has 1 atom stereocenters. The fourth-order valence-corrected chi connectivity index (χ4v) is 0.556. The summed E-state index contributed by atoms with van der Waals surface area (Å²) < 4.78 is 76.3. The summed E-state index contributed by atoms with van der Waals surface area (Å²) >= 11 is 0. The second-order valence-electron chi connectivity index (χ2n) is 3.02. The van der Waals surface area contributed by atoms with Gasteiger partial charge in [-0.25, -0.2) is 13.2 Å². The third kappa shape index (κ3) is 3.04. The summed E-state index contributed by atoms with van der Waals surface area (Å²) in [6.07, 6.45) is -10.5. The smallest absolute Gasteiger partial charge is 0.375 e. The molecule has 0 rings (SSSR count). The van der Waals surface area contributed by atoms with Crippen molar-refractivity contribution in [2.45, 2.75) is 38.2 Å². The van der Waals surface area contributed by atoms with Crippen LogP contribution >= 0.6 is 0 Å². The summed E-state index contributed by atoms with van der Waals surface area (Å²) in [4.78, 5) is 0. The van der Waals surface area contributed by atoms with Crippen LogP contribution in [0.5, 0.6) is 0 Å². The maximum Gasteiger partial charge on any atom is 0.430 e. The zero-order valence-electron chi connectivity index (χ0n) is 7.54. The van der Waals surface area contributed by atoms with E-state index in [-0.39, 0.29) is 0 Å². The minimum absolute atomic E-state index is 0.744. The third-order valence-corrected chi connectivity index (χ3v) is 1.44. The van der Waals surface area contributed by atoms with Crippen LogP contribution in [0.1, 0.15) is 13.8 Å². The predicted molar refractivity (Wildman–Crippen MR) is 37.0 cm³/mol. The minimum Gasteiger partial charge on any atom is -0.375 e. The summed E-state index contributed by atoms with van der Waals surface area (Å²) in [5.74, 6) is 0. The van der Waals surface area contributed by atoms with Crippen molar-refractivity contribution in [2.75, 3.05) is 6.61 Å². The van der Waals surface area contributed by atoms with Crippen LogP contribution < -0.4 is 0 Å². The van der Waals surface area contributed by atoms with Gasteiger partial charge in [0.2, 0.25) is 0 Å². The van der Waals surface area contributed by atoms with Crippen LogP contribution in [0.15, 0.2) is 0 Å². The van der Waals surface area contributed by atoms with Gasteiger partial charge in [-0.3, -0.25) is 0 Å². The largest absolute Gasteiger partial charge is 0.430 e. The van der Waals surface area contributed by atoms with Gasteiger partial charge in [-0.05, 0) is 13.8 Å². The fraction of sp³-hybridized carbons (Fsp3) is 1.00. The van der Waals surface area contributed by atoms with E-state index >= 15 is 0 Å². The van der Waals surface area contributed by atoms with E-state index in [2.05, 4.69) is 4.74 Å². The first-order valence-corrected chi connectivity index (χ1v) is 3.76. The SMILES string of the molecule is CC(C)OCC(F)(C(F)F)C(F)(F)F. The predicted octanol–water partition coefficient (Wildman–Crippen LogP) is 2.95. The Labute approximate surface area is 77.0 Å². The highest BCUT2D eigenvalue weighted by atomic mass is 19.4. The van der Waals surface area contributed by atoms with Crippen molar-refractivity contribution in [1.29, 1.82) is 0 Å². The number of hydrogen-bond acceptors (Lipinski definition) is 1. The van der Waals surface area contributed by atoms with Gasteiger partial charge in [-0.2, -0.15) is 13.2 Å². The average molecular weight is 224 g/mol. The zero-order chi connectivity index (χ0) is 11.6. The van der Waals surface area contributed by atoms with E-state index in [1.165, 1.54) is 13.8 Å². The van der Waals surface area contributed by atoms with Crippen LogP contribution in [0.3, 0.4) is 0 Å². The molecule has 0 spiro atoms. The van der Waals surface area contributed by atoms with Crippen molar-refractivity contribution in [2.24, 2.45) is 0 Å². The number of rotatable bonds is 4. The molecule has 0 fully saturated rings. The lowest BCUT2D eigenvalue weighted by Crippen LogP contribution is -2.51. The van der Waals surface area contributed by atoms with Crippen molar-refractivity contribution in [3.8, 4) is 0 Å². The molecule has 0 N–H and O–H groups in total. The molecule has 0 aliphatic rings. The van der Waals surface area contributed by atoms with Gasteiger partial charge in [0.05, 0.1) is 12.7 Å². The summed E-state index contributed by atoms with van der Waals surface area (Å²) in [5.41, 5.74) is -4.59. The highest BCUT2D eigenvalue weighted by Gasteiger charge is 2.63. The Balaban J connectivity index is 4.58. The molecule has 86 valence electrons. The molecule has 1 nitrogen and oxygen atoms in total. The Morgan fingerprint density at radius 3 is 1.71 bits per heavy atom. The molecule has 0 saturated heterocycles. The Hall–Kier alpha value is -0.460. The first-order valence-electron chi connectivity index (χ1n) is 3.76. The van der Waals surface area contributed by atoms with Gasteiger partial charge in [-0.15, -0.1) is 0 Å². The van der Waals surface area contributed by atoms with Crippen molar-refractivity contribution in [1.82, 2.24) is 0 Å². The molecule has 0 bridgehead atoms. The van der Waals surface area contributed by atoms with Crippen molar-refractivity contribution in [3.05, 3.63) is 0 Å². The van der Waals surface area contributed by atoms with Gasteiger partial charge in [-0.1, -0.05) is 0 Å². The van der Waals surface area contributed by atoms with E-state index in [0.717, 1.165) is 0 Å². The van der Waals surface area contributed by atoms with E-state index in [9.17, 15) is 26.3 Å². The number of alkyl halides is 6. The van der Waals surface area contributed by atoms with Crippen LogP contribution in [0.25, 0.3) is 0 Å². The Kier molecular flexibility index (Phi) is 4.23. The Bertz CT molecular complexity index is 178. The lowest BCUT2D eigenvalue weighted by atomic mass is 10.1. The molecule has 0 saturated carbocycles. The highest BCUT2D eigenvalue weighted by Crippen LogP contribution is 2.39. The maximum absolute atomic E-state index is 12.8. The van der Waals surface area contributed by atoms with Gasteiger partial charge in [0.25, 0.3) is 12.1 Å². The summed E-state index contributed by atoms with van der Waals surface area (Å²) in [5, 5.41) is 0. The molecule has 0 amide bonds. The fourth-order valence-electron chi connectivity index (χ4n) is 0.556. The first-order chi connectivity index (χ1) is 6.11. The molecule has 0 aromatic rings. The van der Waals surface area contributed by atoms with Crippen LogP contribution in [0.4, 0.5) is 26.3 Å². The highest BCUT2D eigenvalue weighted by molar-refractivity contribution is 4.90. The number of ether oxygens (including phenoxy) is 1. The van der Waals surface area contributed by atoms with Crippen LogP contribution in [-0.2, 0) is 4.74 Å². The monoisotopic (exact) mass is 224 g/mol. The molecule has 0 radical (unpaired) electrons. The molecule has 0 aromatic carbocycles. The normalized spacial score (nSPS) is 17.6. The summed E-state index contributed by atoms with van der Waals surface area (Å²) in [6.45, 7) is 0.955. The zero-order valence-corrected chi connectivity index (χ0v) is 7.54. The summed E-state index contributed by atoms with van der Waals surface area (Å²) in [7, 11) is 0. The molecule has 0 aromatic heterocycles. The lowest BCUT2D eigenvalue weighted by Gasteiger charge is -2.27. The van der Waals surface area contributed by atoms with E-state index in [4.69, 9.17) is 0 Å². The molecule has 14 heavy (non-hydrogen) atoms. The summed E-state index contributed by atoms with van der Waals surface area (Å²) in [6, 6.07) is 0. The molecular weight excluding hydrogens is 214 g/mol. The standard InChI is InChI=1S/C7H10F6O/c1-4(2)14-3-6(10,5(8)9)7(11,12)13/h4-5H,3H2,1-2H3. The molecule has 0 aliphatic carbocycles. The van der Waals surface area contributed by atoms with Gasteiger partial charge in [0.15, 0.2) is 0 Å². The van der Waals surface area contributed by atoms with Crippen LogP contribution in [0.2, 0.25) is 0 Å².